The Morgan fingerprint density at radius 1 is 1.05 bits per heavy atom. The second kappa shape index (κ2) is 7.64. The summed E-state index contributed by atoms with van der Waals surface area (Å²) in [5, 5.41) is 3.26. The molecule has 0 aliphatic heterocycles. The molecule has 0 unspecified atom stereocenters. The number of anilines is 1. The van der Waals surface area contributed by atoms with Gasteiger partial charge in [0.1, 0.15) is 18.2 Å². The molecule has 0 fully saturated rings. The molecule has 3 nitrogen and oxygen atoms in total. The van der Waals surface area contributed by atoms with Gasteiger partial charge in [0.15, 0.2) is 0 Å². The zero-order chi connectivity index (χ0) is 15.1. The average Bonchev–Trinajstić information content (AvgIpc) is 2.50. The molecule has 0 saturated heterocycles. The quantitative estimate of drug-likeness (QED) is 0.787. The van der Waals surface area contributed by atoms with E-state index in [1.807, 2.05) is 30.3 Å². The van der Waals surface area contributed by atoms with Crippen LogP contribution < -0.4 is 10.1 Å². The number of rotatable bonds is 7. The molecule has 2 aromatic carbocycles. The Labute approximate surface area is 124 Å². The zero-order valence-corrected chi connectivity index (χ0v) is 12.4. The smallest absolute Gasteiger partial charge is 0.126 e. The van der Waals surface area contributed by atoms with Crippen molar-refractivity contribution in [2.24, 2.45) is 0 Å². The van der Waals surface area contributed by atoms with E-state index in [-0.39, 0.29) is 5.82 Å². The molecule has 0 bridgehead atoms. The van der Waals surface area contributed by atoms with E-state index in [1.165, 1.54) is 0 Å². The van der Waals surface area contributed by atoms with E-state index in [4.69, 9.17) is 9.47 Å². The molecule has 0 spiro atoms. The molecule has 0 heterocycles. The molecule has 0 radical (unpaired) electrons. The third-order valence-corrected chi connectivity index (χ3v) is 3.14. The van der Waals surface area contributed by atoms with Crippen LogP contribution in [-0.4, -0.2) is 20.3 Å². The number of hydrogen-bond acceptors (Lipinski definition) is 3. The highest BCUT2D eigenvalue weighted by molar-refractivity contribution is 5.46. The van der Waals surface area contributed by atoms with E-state index in [0.29, 0.717) is 25.3 Å². The Bertz CT molecular complexity index is 570. The zero-order valence-electron chi connectivity index (χ0n) is 12.4. The van der Waals surface area contributed by atoms with E-state index in [1.54, 1.807) is 26.2 Å². The van der Waals surface area contributed by atoms with Crippen LogP contribution in [0.4, 0.5) is 10.1 Å². The van der Waals surface area contributed by atoms with E-state index in [9.17, 15) is 4.39 Å². The Balaban J connectivity index is 1.86. The SMILES string of the molecule is COCCOc1ccc(NCc2ccc(C)c(F)c2)cc1. The summed E-state index contributed by atoms with van der Waals surface area (Å²) in [7, 11) is 1.64. The summed E-state index contributed by atoms with van der Waals surface area (Å²) in [5.41, 5.74) is 2.55. The number of nitrogens with one attached hydrogen (secondary N) is 1. The van der Waals surface area contributed by atoms with Crippen LogP contribution >= 0.6 is 0 Å². The highest BCUT2D eigenvalue weighted by atomic mass is 19.1. The average molecular weight is 289 g/mol. The summed E-state index contributed by atoms with van der Waals surface area (Å²) in [6.45, 7) is 3.45. The summed E-state index contributed by atoms with van der Waals surface area (Å²) in [6.07, 6.45) is 0. The molecule has 4 heteroatoms. The standard InChI is InChI=1S/C17H20FNO2/c1-13-3-4-14(11-17(13)18)12-19-15-5-7-16(8-6-15)21-10-9-20-2/h3-8,11,19H,9-10,12H2,1-2H3. The van der Waals surface area contributed by atoms with Crippen molar-refractivity contribution in [1.29, 1.82) is 0 Å². The van der Waals surface area contributed by atoms with E-state index < -0.39 is 0 Å². The third-order valence-electron chi connectivity index (χ3n) is 3.14. The minimum Gasteiger partial charge on any atom is -0.491 e. The van der Waals surface area contributed by atoms with Crippen LogP contribution in [0.2, 0.25) is 0 Å². The van der Waals surface area contributed by atoms with Crippen LogP contribution in [0.25, 0.3) is 0 Å². The topological polar surface area (TPSA) is 30.5 Å². The summed E-state index contributed by atoms with van der Waals surface area (Å²) in [6, 6.07) is 12.9. The maximum Gasteiger partial charge on any atom is 0.126 e. The van der Waals surface area contributed by atoms with Gasteiger partial charge < -0.3 is 14.8 Å². The van der Waals surface area contributed by atoms with Crippen LogP contribution in [0.5, 0.6) is 5.75 Å². The number of ether oxygens (including phenoxy) is 2. The largest absolute Gasteiger partial charge is 0.491 e. The lowest BCUT2D eigenvalue weighted by atomic mass is 10.1. The second-order valence-corrected chi connectivity index (χ2v) is 4.80. The first kappa shape index (κ1) is 15.3. The lowest BCUT2D eigenvalue weighted by Crippen LogP contribution is -2.04. The molecule has 21 heavy (non-hydrogen) atoms. The Morgan fingerprint density at radius 2 is 1.81 bits per heavy atom. The Morgan fingerprint density at radius 3 is 2.48 bits per heavy atom. The predicted octanol–water partition coefficient (Wildman–Crippen LogP) is 3.77. The van der Waals surface area contributed by atoms with Gasteiger partial charge in [-0.3, -0.25) is 0 Å². The molecule has 0 aromatic heterocycles. The van der Waals surface area contributed by atoms with Crippen LogP contribution in [0.15, 0.2) is 42.5 Å². The first-order chi connectivity index (χ1) is 10.2. The van der Waals surface area contributed by atoms with Crippen molar-refractivity contribution in [3.63, 3.8) is 0 Å². The van der Waals surface area contributed by atoms with Crippen LogP contribution in [0.3, 0.4) is 0 Å². The number of aryl methyl sites for hydroxylation is 1. The molecule has 2 aromatic rings. The molecule has 112 valence electrons. The Hall–Kier alpha value is -2.07. The molecule has 0 saturated carbocycles. The van der Waals surface area contributed by atoms with E-state index in [2.05, 4.69) is 5.32 Å². The van der Waals surface area contributed by atoms with Gasteiger partial charge in [-0.05, 0) is 48.4 Å². The first-order valence-electron chi connectivity index (χ1n) is 6.90. The van der Waals surface area contributed by atoms with Gasteiger partial charge in [0.2, 0.25) is 0 Å². The molecular formula is C17H20FNO2. The lowest BCUT2D eigenvalue weighted by molar-refractivity contribution is 0.146. The van der Waals surface area contributed by atoms with Crippen molar-refractivity contribution >= 4 is 5.69 Å². The van der Waals surface area contributed by atoms with Gasteiger partial charge in [0.25, 0.3) is 0 Å². The number of hydrogen-bond donors (Lipinski definition) is 1. The van der Waals surface area contributed by atoms with Crippen molar-refractivity contribution in [3.05, 3.63) is 59.4 Å². The van der Waals surface area contributed by atoms with E-state index in [0.717, 1.165) is 17.0 Å². The van der Waals surface area contributed by atoms with Gasteiger partial charge in [0.05, 0.1) is 6.61 Å². The van der Waals surface area contributed by atoms with Gasteiger partial charge in [-0.2, -0.15) is 0 Å². The van der Waals surface area contributed by atoms with Crippen molar-refractivity contribution in [3.8, 4) is 5.75 Å². The van der Waals surface area contributed by atoms with Gasteiger partial charge >= 0.3 is 0 Å². The molecular weight excluding hydrogens is 269 g/mol. The van der Waals surface area contributed by atoms with Crippen LogP contribution in [-0.2, 0) is 11.3 Å². The highest BCUT2D eigenvalue weighted by Gasteiger charge is 2.00. The maximum atomic E-state index is 13.5. The molecule has 2 rings (SSSR count). The fourth-order valence-corrected chi connectivity index (χ4v) is 1.86. The van der Waals surface area contributed by atoms with Crippen molar-refractivity contribution < 1.29 is 13.9 Å². The van der Waals surface area contributed by atoms with Gasteiger partial charge in [0, 0.05) is 19.3 Å². The third kappa shape index (κ3) is 4.76. The van der Waals surface area contributed by atoms with Gasteiger partial charge in [-0.15, -0.1) is 0 Å². The van der Waals surface area contributed by atoms with Crippen LogP contribution in [0.1, 0.15) is 11.1 Å². The van der Waals surface area contributed by atoms with Crippen molar-refractivity contribution in [2.75, 3.05) is 25.6 Å². The minimum absolute atomic E-state index is 0.170. The lowest BCUT2D eigenvalue weighted by Gasteiger charge is -2.09. The molecule has 0 aliphatic rings. The summed E-state index contributed by atoms with van der Waals surface area (Å²) >= 11 is 0. The summed E-state index contributed by atoms with van der Waals surface area (Å²) in [5.74, 6) is 0.634. The highest BCUT2D eigenvalue weighted by Crippen LogP contribution is 2.17. The molecule has 0 atom stereocenters. The maximum absolute atomic E-state index is 13.5. The normalized spacial score (nSPS) is 10.4. The molecule has 1 N–H and O–H groups in total. The number of benzene rings is 2. The monoisotopic (exact) mass is 289 g/mol. The Kier molecular flexibility index (Phi) is 5.58. The number of methoxy groups -OCH3 is 1. The summed E-state index contributed by atoms with van der Waals surface area (Å²) in [4.78, 5) is 0. The fourth-order valence-electron chi connectivity index (χ4n) is 1.86. The molecule has 0 aliphatic carbocycles. The predicted molar refractivity (Wildman–Crippen MR) is 82.3 cm³/mol. The van der Waals surface area contributed by atoms with Gasteiger partial charge in [-0.25, -0.2) is 4.39 Å². The minimum atomic E-state index is -0.170. The second-order valence-electron chi connectivity index (χ2n) is 4.80. The fraction of sp³-hybridized carbons (Fsp3) is 0.294. The first-order valence-corrected chi connectivity index (χ1v) is 6.90. The number of halogens is 1. The van der Waals surface area contributed by atoms with Crippen LogP contribution in [0, 0.1) is 12.7 Å². The molecule has 0 amide bonds. The van der Waals surface area contributed by atoms with Crippen molar-refractivity contribution in [2.45, 2.75) is 13.5 Å². The van der Waals surface area contributed by atoms with Gasteiger partial charge in [-0.1, -0.05) is 12.1 Å². The van der Waals surface area contributed by atoms with E-state index >= 15 is 0 Å². The summed E-state index contributed by atoms with van der Waals surface area (Å²) < 4.78 is 23.9. The van der Waals surface area contributed by atoms with Crippen molar-refractivity contribution in [1.82, 2.24) is 0 Å².